The first-order valence-electron chi connectivity index (χ1n) is 3.96. The minimum Gasteiger partial charge on any atom is -0.550 e. The number of carbonyl (C=O) groups is 1. The molecule has 0 amide bonds. The van der Waals surface area contributed by atoms with Crippen molar-refractivity contribution < 1.29 is 9.90 Å². The minimum atomic E-state index is -1.04. The summed E-state index contributed by atoms with van der Waals surface area (Å²) in [6.45, 7) is 1.97. The van der Waals surface area contributed by atoms with Gasteiger partial charge >= 0.3 is 0 Å². The highest BCUT2D eigenvalue weighted by molar-refractivity contribution is 7.99. The Kier molecular flexibility index (Phi) is 3.75. The second-order valence-corrected chi connectivity index (χ2v) is 3.45. The van der Waals surface area contributed by atoms with Gasteiger partial charge in [-0.1, -0.05) is 18.7 Å². The van der Waals surface area contributed by atoms with Crippen molar-refractivity contribution in [1.82, 2.24) is 15.2 Å². The zero-order chi connectivity index (χ0) is 9.68. The molecule has 5 nitrogen and oxygen atoms in total. The van der Waals surface area contributed by atoms with Gasteiger partial charge in [0.15, 0.2) is 0 Å². The van der Waals surface area contributed by atoms with Crippen molar-refractivity contribution >= 4 is 17.7 Å². The van der Waals surface area contributed by atoms with Crippen molar-refractivity contribution in [3.8, 4) is 0 Å². The minimum absolute atomic E-state index is 0.0284. The van der Waals surface area contributed by atoms with Gasteiger partial charge in [0.2, 0.25) is 5.16 Å². The van der Waals surface area contributed by atoms with Crippen LogP contribution in [-0.4, -0.2) is 26.9 Å². The lowest BCUT2D eigenvalue weighted by molar-refractivity contribution is -0.305. The summed E-state index contributed by atoms with van der Waals surface area (Å²) in [5.74, 6) is 0.221. The second kappa shape index (κ2) is 4.86. The molecule has 0 radical (unpaired) electrons. The Morgan fingerprint density at radius 1 is 1.69 bits per heavy atom. The fourth-order valence-electron chi connectivity index (χ4n) is 0.726. The number of nitrogens with zero attached hydrogens (tertiary/aromatic N) is 2. The first-order chi connectivity index (χ1) is 6.22. The van der Waals surface area contributed by atoms with Crippen LogP contribution in [0.2, 0.25) is 0 Å². The number of hydrogen-bond acceptors (Lipinski definition) is 5. The standard InChI is InChI=1S/C7H11N3O2S/c1-2-5-8-7(10-9-5)13-4-3-6(11)12/h2-4H2,1H3,(H,11,12)(H,8,9,10)/p-1. The van der Waals surface area contributed by atoms with Gasteiger partial charge in [0.05, 0.1) is 0 Å². The molecule has 0 aromatic carbocycles. The highest BCUT2D eigenvalue weighted by Crippen LogP contribution is 2.12. The number of aliphatic carboxylic acids is 1. The summed E-state index contributed by atoms with van der Waals surface area (Å²) in [6, 6.07) is 0. The van der Waals surface area contributed by atoms with Gasteiger partial charge in [0.25, 0.3) is 0 Å². The van der Waals surface area contributed by atoms with Crippen molar-refractivity contribution in [2.45, 2.75) is 24.9 Å². The molecule has 1 aromatic rings. The molecule has 1 aromatic heterocycles. The topological polar surface area (TPSA) is 81.7 Å². The lowest BCUT2D eigenvalue weighted by Crippen LogP contribution is -2.22. The number of carbonyl (C=O) groups excluding carboxylic acids is 1. The quantitative estimate of drug-likeness (QED) is 0.654. The monoisotopic (exact) mass is 200 g/mol. The van der Waals surface area contributed by atoms with E-state index >= 15 is 0 Å². The van der Waals surface area contributed by atoms with E-state index in [4.69, 9.17) is 0 Å². The molecule has 6 heteroatoms. The van der Waals surface area contributed by atoms with E-state index in [9.17, 15) is 9.90 Å². The molecule has 0 saturated heterocycles. The number of aromatic nitrogens is 3. The van der Waals surface area contributed by atoms with Crippen LogP contribution in [-0.2, 0) is 11.2 Å². The Balaban J connectivity index is 2.32. The van der Waals surface area contributed by atoms with E-state index < -0.39 is 5.97 Å². The number of rotatable bonds is 5. The average Bonchev–Trinajstić information content (AvgIpc) is 2.52. The average molecular weight is 200 g/mol. The van der Waals surface area contributed by atoms with Crippen LogP contribution < -0.4 is 5.11 Å². The van der Waals surface area contributed by atoms with E-state index in [1.807, 2.05) is 6.92 Å². The van der Waals surface area contributed by atoms with Crippen LogP contribution in [0.3, 0.4) is 0 Å². The van der Waals surface area contributed by atoms with Crippen molar-refractivity contribution in [3.63, 3.8) is 0 Å². The summed E-state index contributed by atoms with van der Waals surface area (Å²) in [5, 5.41) is 17.3. The predicted molar refractivity (Wildman–Crippen MR) is 46.1 cm³/mol. The normalized spacial score (nSPS) is 10.2. The van der Waals surface area contributed by atoms with Crippen molar-refractivity contribution in [3.05, 3.63) is 5.82 Å². The van der Waals surface area contributed by atoms with Crippen LogP contribution >= 0.6 is 11.8 Å². The highest BCUT2D eigenvalue weighted by atomic mass is 32.2. The Morgan fingerprint density at radius 3 is 3.00 bits per heavy atom. The summed E-state index contributed by atoms with van der Waals surface area (Å²) in [7, 11) is 0. The molecule has 72 valence electrons. The fourth-order valence-corrected chi connectivity index (χ4v) is 1.46. The fraction of sp³-hybridized carbons (Fsp3) is 0.571. The summed E-state index contributed by atoms with van der Waals surface area (Å²) >= 11 is 1.31. The Labute approximate surface area is 80.0 Å². The number of carboxylic acid groups (broad SMARTS) is 1. The molecule has 0 saturated carbocycles. The van der Waals surface area contributed by atoms with Crippen molar-refractivity contribution in [2.75, 3.05) is 5.75 Å². The third-order valence-corrected chi connectivity index (χ3v) is 2.23. The number of nitrogens with one attached hydrogen (secondary N) is 1. The SMILES string of the molecule is CCc1nc(SCCC(=O)[O-])n[nH]1. The molecule has 0 atom stereocenters. The van der Waals surface area contributed by atoms with E-state index in [0.29, 0.717) is 10.9 Å². The first kappa shape index (κ1) is 10.0. The number of thioether (sulfide) groups is 1. The molecule has 0 unspecified atom stereocenters. The van der Waals surface area contributed by atoms with Gasteiger partial charge in [-0.05, 0) is 6.42 Å². The van der Waals surface area contributed by atoms with Crippen LogP contribution in [0.5, 0.6) is 0 Å². The van der Waals surface area contributed by atoms with Gasteiger partial charge in [-0.2, -0.15) is 0 Å². The molecular formula is C7H10N3O2S-. The number of carboxylic acids is 1. The van der Waals surface area contributed by atoms with Gasteiger partial charge < -0.3 is 9.90 Å². The summed E-state index contributed by atoms with van der Waals surface area (Å²) < 4.78 is 0. The van der Waals surface area contributed by atoms with Crippen LogP contribution in [0.15, 0.2) is 5.16 Å². The lowest BCUT2D eigenvalue weighted by Gasteiger charge is -1.97. The maximum Gasteiger partial charge on any atom is 0.208 e. The molecule has 0 fully saturated rings. The number of H-pyrrole nitrogens is 1. The van der Waals surface area contributed by atoms with Gasteiger partial charge in [0.1, 0.15) is 5.82 Å². The zero-order valence-electron chi connectivity index (χ0n) is 7.24. The molecule has 13 heavy (non-hydrogen) atoms. The van der Waals surface area contributed by atoms with Crippen LogP contribution in [0, 0.1) is 0 Å². The summed E-state index contributed by atoms with van der Waals surface area (Å²) in [6.07, 6.45) is 0.828. The molecule has 1 N–H and O–H groups in total. The number of hydrogen-bond donors (Lipinski definition) is 1. The van der Waals surface area contributed by atoms with Gasteiger partial charge in [-0.3, -0.25) is 5.10 Å². The number of aryl methyl sites for hydroxylation is 1. The second-order valence-electron chi connectivity index (χ2n) is 2.39. The molecule has 1 heterocycles. The Bertz CT molecular complexity index is 287. The van der Waals surface area contributed by atoms with Crippen LogP contribution in [0.25, 0.3) is 0 Å². The third-order valence-electron chi connectivity index (χ3n) is 1.38. The molecule has 1 rings (SSSR count). The largest absolute Gasteiger partial charge is 0.550 e. The van der Waals surface area contributed by atoms with Gasteiger partial charge in [0, 0.05) is 18.1 Å². The summed E-state index contributed by atoms with van der Waals surface area (Å²) in [4.78, 5) is 14.2. The molecule has 0 bridgehead atoms. The molecule has 0 spiro atoms. The van der Waals surface area contributed by atoms with E-state index in [0.717, 1.165) is 12.2 Å². The lowest BCUT2D eigenvalue weighted by atomic mass is 10.5. The van der Waals surface area contributed by atoms with Crippen molar-refractivity contribution in [2.24, 2.45) is 0 Å². The van der Waals surface area contributed by atoms with Crippen LogP contribution in [0.4, 0.5) is 0 Å². The smallest absolute Gasteiger partial charge is 0.208 e. The van der Waals surface area contributed by atoms with Gasteiger partial charge in [-0.15, -0.1) is 5.10 Å². The molecule has 0 aliphatic heterocycles. The van der Waals surface area contributed by atoms with Gasteiger partial charge in [-0.25, -0.2) is 4.98 Å². The molecule has 0 aliphatic rings. The maximum atomic E-state index is 10.1. The van der Waals surface area contributed by atoms with Crippen molar-refractivity contribution in [1.29, 1.82) is 0 Å². The van der Waals surface area contributed by atoms with E-state index in [-0.39, 0.29) is 6.42 Å². The maximum absolute atomic E-state index is 10.1. The third kappa shape index (κ3) is 3.45. The Morgan fingerprint density at radius 2 is 2.46 bits per heavy atom. The summed E-state index contributed by atoms with van der Waals surface area (Å²) in [5.41, 5.74) is 0. The highest BCUT2D eigenvalue weighted by Gasteiger charge is 2.01. The molecular weight excluding hydrogens is 190 g/mol. The van der Waals surface area contributed by atoms with E-state index in [1.165, 1.54) is 11.8 Å². The first-order valence-corrected chi connectivity index (χ1v) is 4.95. The van der Waals surface area contributed by atoms with E-state index in [1.54, 1.807) is 0 Å². The number of aromatic amines is 1. The molecule has 0 aliphatic carbocycles. The zero-order valence-corrected chi connectivity index (χ0v) is 8.06. The van der Waals surface area contributed by atoms with Crippen LogP contribution in [0.1, 0.15) is 19.2 Å². The Hall–Kier alpha value is -1.04. The van der Waals surface area contributed by atoms with E-state index in [2.05, 4.69) is 15.2 Å². The predicted octanol–water partition coefficient (Wildman–Crippen LogP) is -0.401.